The Morgan fingerprint density at radius 1 is 0.867 bits per heavy atom. The molecule has 0 aliphatic carbocycles. The summed E-state index contributed by atoms with van der Waals surface area (Å²) in [7, 11) is 1.49. The van der Waals surface area contributed by atoms with E-state index < -0.39 is 90.4 Å². The van der Waals surface area contributed by atoms with Crippen LogP contribution in [0.2, 0.25) is 0 Å². The lowest BCUT2D eigenvalue weighted by atomic mass is 10.0. The number of amides is 5. The summed E-state index contributed by atoms with van der Waals surface area (Å²) in [5.41, 5.74) is 0.349. The minimum Gasteiger partial charge on any atom is -0.456 e. The zero-order valence-corrected chi connectivity index (χ0v) is 36.2. The van der Waals surface area contributed by atoms with E-state index in [1.807, 2.05) is 13.0 Å². The van der Waals surface area contributed by atoms with Crippen LogP contribution in [-0.2, 0) is 44.7 Å². The van der Waals surface area contributed by atoms with Crippen molar-refractivity contribution in [2.24, 2.45) is 5.92 Å². The number of likely N-dealkylation sites (N-methyl/N-ethyl adjacent to an activating group) is 1. The van der Waals surface area contributed by atoms with E-state index in [0.717, 1.165) is 5.56 Å². The summed E-state index contributed by atoms with van der Waals surface area (Å²) in [4.78, 5) is 97.3. The van der Waals surface area contributed by atoms with Gasteiger partial charge in [0.2, 0.25) is 17.7 Å². The summed E-state index contributed by atoms with van der Waals surface area (Å²) in [6.45, 7) is 13.8. The van der Waals surface area contributed by atoms with Crippen molar-refractivity contribution in [1.29, 1.82) is 0 Å². The average Bonchev–Trinajstić information content (AvgIpc) is 3.87. The fraction of sp³-hybridized carbons (Fsp3) is 0.568. The molecule has 16 nitrogen and oxygen atoms in total. The molecule has 328 valence electrons. The molecule has 1 unspecified atom stereocenters. The minimum atomic E-state index is -1.39. The van der Waals surface area contributed by atoms with Crippen molar-refractivity contribution in [3.8, 4) is 0 Å². The Morgan fingerprint density at radius 2 is 1.50 bits per heavy atom. The third kappa shape index (κ3) is 13.0. The maximum absolute atomic E-state index is 14.0. The number of ketones is 1. The second-order valence-electron chi connectivity index (χ2n) is 16.7. The number of carbonyl (C=O) groups excluding carboxylic acids is 7. The van der Waals surface area contributed by atoms with Crippen molar-refractivity contribution in [3.63, 3.8) is 0 Å². The smallest absolute Gasteiger partial charge is 0.410 e. The Labute approximate surface area is 352 Å². The summed E-state index contributed by atoms with van der Waals surface area (Å²) < 4.78 is 22.6. The Kier molecular flexibility index (Phi) is 16.6. The molecule has 0 bridgehead atoms. The maximum atomic E-state index is 14.0. The van der Waals surface area contributed by atoms with Crippen LogP contribution in [0.4, 0.5) is 9.59 Å². The highest BCUT2D eigenvalue weighted by Crippen LogP contribution is 2.29. The molecule has 4 rings (SSSR count). The van der Waals surface area contributed by atoms with Gasteiger partial charge in [-0.2, -0.15) is 0 Å². The molecule has 2 aliphatic heterocycles. The number of nitrogens with zero attached hydrogens (tertiary/aromatic N) is 3. The molecule has 16 heteroatoms. The highest BCUT2D eigenvalue weighted by atomic mass is 16.6. The molecule has 2 saturated heterocycles. The van der Waals surface area contributed by atoms with Gasteiger partial charge in [0.05, 0.1) is 18.2 Å². The van der Waals surface area contributed by atoms with Gasteiger partial charge < -0.3 is 39.4 Å². The van der Waals surface area contributed by atoms with Crippen LogP contribution in [0.15, 0.2) is 60.7 Å². The Bertz CT molecular complexity index is 1820. The van der Waals surface area contributed by atoms with Crippen LogP contribution in [0.1, 0.15) is 90.6 Å². The zero-order chi connectivity index (χ0) is 44.3. The molecular weight excluding hydrogens is 775 g/mol. The number of hydrogen-bond donors (Lipinski definition) is 2. The first kappa shape index (κ1) is 47.2. The number of benzene rings is 2. The van der Waals surface area contributed by atoms with Gasteiger partial charge in [-0.25, -0.2) is 14.4 Å². The number of ether oxygens (including phenoxy) is 4. The van der Waals surface area contributed by atoms with Gasteiger partial charge in [-0.05, 0) is 79.2 Å². The lowest BCUT2D eigenvalue weighted by Crippen LogP contribution is -2.57. The molecular formula is C44H61N5O11. The van der Waals surface area contributed by atoms with Crippen LogP contribution in [0.5, 0.6) is 0 Å². The van der Waals surface area contributed by atoms with E-state index in [2.05, 4.69) is 10.6 Å². The molecule has 60 heavy (non-hydrogen) atoms. The molecule has 0 saturated carbocycles. The second kappa shape index (κ2) is 21.1. The van der Waals surface area contributed by atoms with Gasteiger partial charge in [0.1, 0.15) is 30.3 Å². The van der Waals surface area contributed by atoms with E-state index in [1.165, 1.54) is 16.8 Å². The number of nitrogens with one attached hydrogen (secondary N) is 2. The van der Waals surface area contributed by atoms with Crippen molar-refractivity contribution >= 4 is 41.7 Å². The molecule has 0 radical (unpaired) electrons. The van der Waals surface area contributed by atoms with Crippen LogP contribution < -0.4 is 10.6 Å². The molecule has 8 atom stereocenters. The zero-order valence-electron chi connectivity index (χ0n) is 36.2. The number of carbonyl (C=O) groups is 7. The van der Waals surface area contributed by atoms with Crippen molar-refractivity contribution in [1.82, 2.24) is 25.3 Å². The summed E-state index contributed by atoms with van der Waals surface area (Å²) in [5.74, 6) is -2.60. The molecule has 0 aromatic heterocycles. The molecule has 2 aliphatic rings. The Hall–Kier alpha value is -5.51. The third-order valence-electron chi connectivity index (χ3n) is 10.7. The lowest BCUT2D eigenvalue weighted by molar-refractivity contribution is -0.152. The lowest BCUT2D eigenvalue weighted by Gasteiger charge is -2.35. The van der Waals surface area contributed by atoms with Gasteiger partial charge in [-0.15, -0.1) is 0 Å². The summed E-state index contributed by atoms with van der Waals surface area (Å²) in [6.07, 6.45) is -1.56. The highest BCUT2D eigenvalue weighted by molar-refractivity contribution is 5.98. The standard InChI is InChI=1S/C44H61N5O11/c1-27-23-35(49(24-27)39(52)28(2)45-38(51)29(3)47(9)40(53)34-21-16-22-48(34)43(56)60-44(6,7)8)30(4)59-31(5)37(46-42(55)58-25-32-17-12-10-13-18-32)41(54)57-26-36(50)33-19-14-11-15-20-33/h10-15,17-20,27-31,34-35,37H,16,21-26H2,1-9H3,(H,45,51)(H,46,55)/t27-,28-,29-,30?,31-,34-,35-,37-/m0/s1. The molecule has 0 spiro atoms. The third-order valence-corrected chi connectivity index (χ3v) is 10.7. The van der Waals surface area contributed by atoms with Crippen LogP contribution in [0.3, 0.4) is 0 Å². The summed E-state index contributed by atoms with van der Waals surface area (Å²) >= 11 is 0. The first-order valence-electron chi connectivity index (χ1n) is 20.5. The van der Waals surface area contributed by atoms with Crippen LogP contribution in [0.25, 0.3) is 0 Å². The number of likely N-dealkylation sites (tertiary alicyclic amines) is 2. The number of esters is 1. The normalized spacial score (nSPS) is 20.2. The fourth-order valence-electron chi connectivity index (χ4n) is 7.29. The Balaban J connectivity index is 1.39. The van der Waals surface area contributed by atoms with Gasteiger partial charge >= 0.3 is 18.2 Å². The molecule has 2 N–H and O–H groups in total. The molecule has 2 heterocycles. The highest BCUT2D eigenvalue weighted by Gasteiger charge is 2.43. The number of alkyl carbamates (subject to hydrolysis) is 1. The largest absolute Gasteiger partial charge is 0.456 e. The van der Waals surface area contributed by atoms with E-state index >= 15 is 0 Å². The SMILES string of the molecule is CC(O[C@@H](C)[C@H](NC(=O)OCc1ccccc1)C(=O)OCC(=O)c1ccccc1)[C@@H]1C[C@H](C)CN1C(=O)[C@H](C)NC(=O)[C@H](C)N(C)C(=O)[C@@H]1CCCN1C(=O)OC(C)(C)C. The minimum absolute atomic E-state index is 0.0586. The second-order valence-corrected chi connectivity index (χ2v) is 16.7. The predicted octanol–water partition coefficient (Wildman–Crippen LogP) is 4.49. The first-order valence-corrected chi connectivity index (χ1v) is 20.5. The van der Waals surface area contributed by atoms with Crippen molar-refractivity contribution in [2.45, 2.75) is 129 Å². The number of rotatable bonds is 16. The predicted molar refractivity (Wildman–Crippen MR) is 220 cm³/mol. The van der Waals surface area contributed by atoms with Gasteiger partial charge in [0.15, 0.2) is 18.4 Å². The molecule has 2 aromatic carbocycles. The van der Waals surface area contributed by atoms with Gasteiger partial charge in [0, 0.05) is 25.7 Å². The van der Waals surface area contributed by atoms with Crippen molar-refractivity contribution in [3.05, 3.63) is 71.8 Å². The van der Waals surface area contributed by atoms with Crippen molar-refractivity contribution < 1.29 is 52.5 Å². The number of hydrogen-bond acceptors (Lipinski definition) is 11. The van der Waals surface area contributed by atoms with Crippen LogP contribution in [0, 0.1) is 5.92 Å². The van der Waals surface area contributed by atoms with Gasteiger partial charge in [-0.3, -0.25) is 24.1 Å². The molecule has 5 amide bonds. The first-order chi connectivity index (χ1) is 28.3. The van der Waals surface area contributed by atoms with Crippen molar-refractivity contribution in [2.75, 3.05) is 26.7 Å². The monoisotopic (exact) mass is 835 g/mol. The molecule has 2 aromatic rings. The van der Waals surface area contributed by atoms with E-state index in [1.54, 1.807) is 108 Å². The van der Waals surface area contributed by atoms with Crippen LogP contribution in [-0.4, -0.2) is 131 Å². The summed E-state index contributed by atoms with van der Waals surface area (Å²) in [5, 5.41) is 5.29. The van der Waals surface area contributed by atoms with Gasteiger partial charge in [-0.1, -0.05) is 67.6 Å². The van der Waals surface area contributed by atoms with E-state index in [4.69, 9.17) is 18.9 Å². The topological polar surface area (TPSA) is 190 Å². The average molecular weight is 836 g/mol. The summed E-state index contributed by atoms with van der Waals surface area (Å²) in [6, 6.07) is 12.7. The van der Waals surface area contributed by atoms with E-state index in [-0.39, 0.29) is 18.4 Å². The molecule has 2 fully saturated rings. The maximum Gasteiger partial charge on any atom is 0.410 e. The van der Waals surface area contributed by atoms with Crippen LogP contribution >= 0.6 is 0 Å². The van der Waals surface area contributed by atoms with E-state index in [0.29, 0.717) is 37.9 Å². The fourth-order valence-corrected chi connectivity index (χ4v) is 7.29. The number of Topliss-reactive ketones (excluding diaryl/α,β-unsaturated/α-hetero) is 1. The van der Waals surface area contributed by atoms with E-state index in [9.17, 15) is 33.6 Å². The quantitative estimate of drug-likeness (QED) is 0.138. The Morgan fingerprint density at radius 3 is 2.13 bits per heavy atom. The van der Waals surface area contributed by atoms with Gasteiger partial charge in [0.25, 0.3) is 0 Å².